The van der Waals surface area contributed by atoms with Crippen molar-refractivity contribution in [2.24, 2.45) is 0 Å². The minimum atomic E-state index is -0.350. The van der Waals surface area contributed by atoms with Crippen LogP contribution >= 0.6 is 11.6 Å². The zero-order chi connectivity index (χ0) is 15.5. The molecule has 0 aliphatic carbocycles. The maximum absolute atomic E-state index is 12.8. The topological polar surface area (TPSA) is 47.6 Å². The lowest BCUT2D eigenvalue weighted by Gasteiger charge is -2.20. The Kier molecular flexibility index (Phi) is 4.15. The van der Waals surface area contributed by atoms with Crippen LogP contribution in [-0.4, -0.2) is 19.1 Å². The lowest BCUT2D eigenvalue weighted by Crippen LogP contribution is -2.17. The summed E-state index contributed by atoms with van der Waals surface area (Å²) in [5.41, 5.74) is 1.25. The highest BCUT2D eigenvalue weighted by Gasteiger charge is 2.17. The van der Waals surface area contributed by atoms with E-state index in [2.05, 4.69) is 5.32 Å². The Balaban J connectivity index is 1.71. The fourth-order valence-corrected chi connectivity index (χ4v) is 2.48. The Morgan fingerprint density at radius 2 is 1.91 bits per heavy atom. The van der Waals surface area contributed by atoms with Gasteiger partial charge >= 0.3 is 0 Å². The molecule has 3 rings (SSSR count). The minimum Gasteiger partial charge on any atom is -0.486 e. The summed E-state index contributed by atoms with van der Waals surface area (Å²) in [5.74, 6) is 0.481. The van der Waals surface area contributed by atoms with Gasteiger partial charge in [-0.25, -0.2) is 4.39 Å². The summed E-state index contributed by atoms with van der Waals surface area (Å²) >= 11 is 6.13. The molecule has 0 spiro atoms. The number of ether oxygens (including phenoxy) is 2. The first-order valence-electron chi connectivity index (χ1n) is 6.75. The molecule has 1 amide bonds. The van der Waals surface area contributed by atoms with E-state index >= 15 is 0 Å². The van der Waals surface area contributed by atoms with Crippen LogP contribution in [0.25, 0.3) is 0 Å². The van der Waals surface area contributed by atoms with Crippen molar-refractivity contribution in [3.8, 4) is 11.5 Å². The van der Waals surface area contributed by atoms with E-state index < -0.39 is 0 Å². The van der Waals surface area contributed by atoms with Crippen LogP contribution in [0.4, 0.5) is 10.1 Å². The second-order valence-corrected chi connectivity index (χ2v) is 5.24. The molecule has 0 atom stereocenters. The Bertz CT molecular complexity index is 703. The van der Waals surface area contributed by atoms with Crippen LogP contribution < -0.4 is 14.8 Å². The van der Waals surface area contributed by atoms with Crippen LogP contribution in [0.1, 0.15) is 5.56 Å². The molecule has 1 N–H and O–H groups in total. The SMILES string of the molecule is O=C(Cc1cc(Cl)c2c(c1)OCCO2)Nc1ccc(F)cc1. The predicted octanol–water partition coefficient (Wildman–Crippen LogP) is 3.43. The fourth-order valence-electron chi connectivity index (χ4n) is 2.19. The highest BCUT2D eigenvalue weighted by Crippen LogP contribution is 2.38. The lowest BCUT2D eigenvalue weighted by molar-refractivity contribution is -0.115. The second-order valence-electron chi connectivity index (χ2n) is 4.83. The first-order valence-corrected chi connectivity index (χ1v) is 7.13. The van der Waals surface area contributed by atoms with Crippen molar-refractivity contribution in [3.63, 3.8) is 0 Å². The highest BCUT2D eigenvalue weighted by atomic mass is 35.5. The van der Waals surface area contributed by atoms with E-state index in [0.29, 0.717) is 41.0 Å². The molecule has 2 aromatic rings. The number of hydrogen-bond donors (Lipinski definition) is 1. The molecular weight excluding hydrogens is 309 g/mol. The molecule has 0 radical (unpaired) electrons. The monoisotopic (exact) mass is 321 g/mol. The van der Waals surface area contributed by atoms with Crippen molar-refractivity contribution < 1.29 is 18.7 Å². The number of fused-ring (bicyclic) bond motifs is 1. The molecule has 0 aromatic heterocycles. The van der Waals surface area contributed by atoms with Crippen LogP contribution in [0, 0.1) is 5.82 Å². The summed E-state index contributed by atoms with van der Waals surface area (Å²) in [7, 11) is 0. The summed E-state index contributed by atoms with van der Waals surface area (Å²) in [5, 5.41) is 3.11. The van der Waals surface area contributed by atoms with Gasteiger partial charge in [0.2, 0.25) is 5.91 Å². The molecular formula is C16H13ClFNO3. The number of amides is 1. The predicted molar refractivity (Wildman–Crippen MR) is 81.2 cm³/mol. The zero-order valence-electron chi connectivity index (χ0n) is 11.6. The van der Waals surface area contributed by atoms with E-state index in [1.54, 1.807) is 12.1 Å². The second kappa shape index (κ2) is 6.23. The zero-order valence-corrected chi connectivity index (χ0v) is 12.3. The average molecular weight is 322 g/mol. The van der Waals surface area contributed by atoms with E-state index in [-0.39, 0.29) is 18.1 Å². The van der Waals surface area contributed by atoms with Gasteiger partial charge in [0.25, 0.3) is 0 Å². The summed E-state index contributed by atoms with van der Waals surface area (Å²) < 4.78 is 23.7. The normalized spacial score (nSPS) is 12.8. The van der Waals surface area contributed by atoms with Crippen LogP contribution in [0.5, 0.6) is 11.5 Å². The van der Waals surface area contributed by atoms with E-state index in [1.165, 1.54) is 24.3 Å². The van der Waals surface area contributed by atoms with Gasteiger partial charge in [0.1, 0.15) is 19.0 Å². The Hall–Kier alpha value is -2.27. The smallest absolute Gasteiger partial charge is 0.228 e. The Morgan fingerprint density at radius 3 is 2.68 bits per heavy atom. The third-order valence-corrected chi connectivity index (χ3v) is 3.43. The van der Waals surface area contributed by atoms with Gasteiger partial charge in [0, 0.05) is 5.69 Å². The average Bonchev–Trinajstić information content (AvgIpc) is 2.49. The van der Waals surface area contributed by atoms with E-state index in [4.69, 9.17) is 21.1 Å². The number of carbonyl (C=O) groups excluding carboxylic acids is 1. The Labute approximate surface area is 131 Å². The number of hydrogen-bond acceptors (Lipinski definition) is 3. The first-order chi connectivity index (χ1) is 10.6. The highest BCUT2D eigenvalue weighted by molar-refractivity contribution is 6.32. The maximum Gasteiger partial charge on any atom is 0.228 e. The van der Waals surface area contributed by atoms with Crippen molar-refractivity contribution in [1.82, 2.24) is 0 Å². The first kappa shape index (κ1) is 14.7. The largest absolute Gasteiger partial charge is 0.486 e. The van der Waals surface area contributed by atoms with Gasteiger partial charge < -0.3 is 14.8 Å². The van der Waals surface area contributed by atoms with Crippen LogP contribution in [0.2, 0.25) is 5.02 Å². The quantitative estimate of drug-likeness (QED) is 0.942. The number of anilines is 1. The maximum atomic E-state index is 12.8. The van der Waals surface area contributed by atoms with Crippen molar-refractivity contribution in [3.05, 3.63) is 52.8 Å². The molecule has 0 bridgehead atoms. The third kappa shape index (κ3) is 3.31. The molecule has 0 unspecified atom stereocenters. The number of rotatable bonds is 3. The molecule has 1 heterocycles. The van der Waals surface area contributed by atoms with Crippen molar-refractivity contribution >= 4 is 23.2 Å². The van der Waals surface area contributed by atoms with Gasteiger partial charge in [-0.15, -0.1) is 0 Å². The van der Waals surface area contributed by atoms with E-state index in [1.807, 2.05) is 0 Å². The molecule has 114 valence electrons. The van der Waals surface area contributed by atoms with Crippen molar-refractivity contribution in [1.29, 1.82) is 0 Å². The molecule has 0 saturated heterocycles. The van der Waals surface area contributed by atoms with Gasteiger partial charge in [-0.1, -0.05) is 11.6 Å². The van der Waals surface area contributed by atoms with E-state index in [0.717, 1.165) is 0 Å². The van der Waals surface area contributed by atoms with Crippen LogP contribution in [-0.2, 0) is 11.2 Å². The Morgan fingerprint density at radius 1 is 1.18 bits per heavy atom. The number of halogens is 2. The lowest BCUT2D eigenvalue weighted by atomic mass is 10.1. The van der Waals surface area contributed by atoms with E-state index in [9.17, 15) is 9.18 Å². The number of carbonyl (C=O) groups is 1. The van der Waals surface area contributed by atoms with Gasteiger partial charge in [-0.3, -0.25) is 4.79 Å². The van der Waals surface area contributed by atoms with Gasteiger partial charge in [-0.05, 0) is 42.0 Å². The molecule has 2 aromatic carbocycles. The molecule has 1 aliphatic heterocycles. The summed E-state index contributed by atoms with van der Waals surface area (Å²) in [6, 6.07) is 9.01. The molecule has 1 aliphatic rings. The molecule has 0 fully saturated rings. The number of nitrogens with one attached hydrogen (secondary N) is 1. The van der Waals surface area contributed by atoms with Gasteiger partial charge in [0.15, 0.2) is 11.5 Å². The molecule has 22 heavy (non-hydrogen) atoms. The standard InChI is InChI=1S/C16H13ClFNO3/c17-13-7-10(8-14-16(13)22-6-5-21-14)9-15(20)19-12-3-1-11(18)2-4-12/h1-4,7-8H,5-6,9H2,(H,19,20). The van der Waals surface area contributed by atoms with Crippen molar-refractivity contribution in [2.75, 3.05) is 18.5 Å². The third-order valence-electron chi connectivity index (χ3n) is 3.15. The molecule has 6 heteroatoms. The summed E-state index contributed by atoms with van der Waals surface area (Å²) in [4.78, 5) is 12.0. The molecule has 0 saturated carbocycles. The summed E-state index contributed by atoms with van der Waals surface area (Å²) in [6.45, 7) is 0.908. The molecule has 4 nitrogen and oxygen atoms in total. The van der Waals surface area contributed by atoms with Crippen LogP contribution in [0.3, 0.4) is 0 Å². The minimum absolute atomic E-state index is 0.133. The van der Waals surface area contributed by atoms with Crippen molar-refractivity contribution in [2.45, 2.75) is 6.42 Å². The summed E-state index contributed by atoms with van der Waals surface area (Å²) in [6.07, 6.45) is 0.133. The van der Waals surface area contributed by atoms with Crippen LogP contribution in [0.15, 0.2) is 36.4 Å². The van der Waals surface area contributed by atoms with Gasteiger partial charge in [0.05, 0.1) is 11.4 Å². The number of benzene rings is 2. The van der Waals surface area contributed by atoms with Gasteiger partial charge in [-0.2, -0.15) is 0 Å². The fraction of sp³-hybridized carbons (Fsp3) is 0.188.